The van der Waals surface area contributed by atoms with Gasteiger partial charge in [-0.3, -0.25) is 0 Å². The Labute approximate surface area is 163 Å². The topological polar surface area (TPSA) is 46.2 Å². The van der Waals surface area contributed by atoms with Crippen LogP contribution in [0.1, 0.15) is 42.5 Å². The van der Waals surface area contributed by atoms with Crippen molar-refractivity contribution >= 4 is 44.6 Å². The molecule has 136 valence electrons. The van der Waals surface area contributed by atoms with Crippen LogP contribution in [0.2, 0.25) is 10.0 Å². The first-order valence-corrected chi connectivity index (χ1v) is 11.5. The Morgan fingerprint density at radius 1 is 1.16 bits per heavy atom. The molecule has 0 atom stereocenters. The highest BCUT2D eigenvalue weighted by Gasteiger charge is 2.36. The highest BCUT2D eigenvalue weighted by molar-refractivity contribution is 7.89. The minimum absolute atomic E-state index is 0.0909. The number of aryl methyl sites for hydroxylation is 1. The molecule has 1 fully saturated rings. The van der Waals surface area contributed by atoms with Gasteiger partial charge >= 0.3 is 0 Å². The molecule has 0 radical (unpaired) electrons. The molecule has 7 heteroatoms. The molecule has 0 spiro atoms. The quantitative estimate of drug-likeness (QED) is 0.693. The molecule has 1 aliphatic rings. The predicted octanol–water partition coefficient (Wildman–Crippen LogP) is 5.54. The van der Waals surface area contributed by atoms with Gasteiger partial charge in [-0.1, -0.05) is 48.5 Å². The van der Waals surface area contributed by atoms with Gasteiger partial charge in [-0.15, -0.1) is 11.3 Å². The van der Waals surface area contributed by atoms with E-state index in [2.05, 4.69) is 16.2 Å². The Morgan fingerprint density at radius 3 is 2.52 bits per heavy atom. The lowest BCUT2D eigenvalue weighted by Crippen LogP contribution is -2.41. The van der Waals surface area contributed by atoms with Crippen LogP contribution in [-0.4, -0.2) is 15.0 Å². The van der Waals surface area contributed by atoms with Crippen molar-refractivity contribution < 1.29 is 8.42 Å². The third-order valence-corrected chi connectivity index (χ3v) is 8.35. The summed E-state index contributed by atoms with van der Waals surface area (Å²) >= 11 is 13.9. The Morgan fingerprint density at radius 2 is 1.88 bits per heavy atom. The number of sulfonamides is 1. The summed E-state index contributed by atoms with van der Waals surface area (Å²) in [5, 5.41) is 2.67. The molecule has 1 N–H and O–H groups in total. The van der Waals surface area contributed by atoms with E-state index in [0.29, 0.717) is 17.1 Å². The molecule has 1 saturated carbocycles. The van der Waals surface area contributed by atoms with Gasteiger partial charge in [0.25, 0.3) is 0 Å². The smallest absolute Gasteiger partial charge is 0.210 e. The van der Waals surface area contributed by atoms with Crippen LogP contribution in [0.3, 0.4) is 0 Å². The first-order chi connectivity index (χ1) is 11.8. The maximum absolute atomic E-state index is 12.8. The fourth-order valence-corrected chi connectivity index (χ4v) is 6.41. The van der Waals surface area contributed by atoms with E-state index >= 15 is 0 Å². The van der Waals surface area contributed by atoms with Crippen molar-refractivity contribution in [1.29, 1.82) is 0 Å². The van der Waals surface area contributed by atoms with Crippen LogP contribution in [0.5, 0.6) is 0 Å². The Balaban J connectivity index is 1.87. The molecular weight excluding hydrogens is 397 g/mol. The number of halogens is 2. The van der Waals surface area contributed by atoms with Crippen molar-refractivity contribution in [2.45, 2.75) is 49.3 Å². The average molecular weight is 418 g/mol. The van der Waals surface area contributed by atoms with E-state index in [1.165, 1.54) is 23.4 Å². The van der Waals surface area contributed by atoms with E-state index in [9.17, 15) is 8.42 Å². The highest BCUT2D eigenvalue weighted by atomic mass is 35.5. The zero-order valence-corrected chi connectivity index (χ0v) is 17.2. The SMILES string of the molecule is Cc1cc(S(=O)(=O)NCC2(c3cccs3)CCCCC2)c(Cl)cc1Cl. The van der Waals surface area contributed by atoms with Gasteiger partial charge in [0, 0.05) is 21.9 Å². The molecule has 25 heavy (non-hydrogen) atoms. The molecule has 3 rings (SSSR count). The maximum atomic E-state index is 12.8. The molecule has 2 aromatic rings. The van der Waals surface area contributed by atoms with Crippen LogP contribution in [0, 0.1) is 6.92 Å². The lowest BCUT2D eigenvalue weighted by Gasteiger charge is -2.36. The zero-order chi connectivity index (χ0) is 18.1. The summed E-state index contributed by atoms with van der Waals surface area (Å²) in [6, 6.07) is 7.17. The van der Waals surface area contributed by atoms with E-state index in [0.717, 1.165) is 25.7 Å². The number of rotatable bonds is 5. The molecule has 1 aromatic carbocycles. The third kappa shape index (κ3) is 4.06. The van der Waals surface area contributed by atoms with E-state index in [4.69, 9.17) is 23.2 Å². The second-order valence-electron chi connectivity index (χ2n) is 6.67. The molecule has 0 aliphatic heterocycles. The van der Waals surface area contributed by atoms with Crippen molar-refractivity contribution in [3.8, 4) is 0 Å². The number of thiophene rings is 1. The largest absolute Gasteiger partial charge is 0.242 e. The van der Waals surface area contributed by atoms with Crippen LogP contribution in [-0.2, 0) is 15.4 Å². The summed E-state index contributed by atoms with van der Waals surface area (Å²) in [6.07, 6.45) is 5.47. The normalized spacial score (nSPS) is 17.6. The fraction of sp³-hybridized carbons (Fsp3) is 0.444. The number of hydrogen-bond donors (Lipinski definition) is 1. The maximum Gasteiger partial charge on any atom is 0.242 e. The summed E-state index contributed by atoms with van der Waals surface area (Å²) in [6.45, 7) is 2.17. The Bertz CT molecular complexity index is 842. The summed E-state index contributed by atoms with van der Waals surface area (Å²) < 4.78 is 28.5. The number of nitrogens with one attached hydrogen (secondary N) is 1. The van der Waals surface area contributed by atoms with Gasteiger partial charge < -0.3 is 0 Å². The minimum atomic E-state index is -3.69. The van der Waals surface area contributed by atoms with Gasteiger partial charge in [0.1, 0.15) is 4.90 Å². The summed E-state index contributed by atoms with van der Waals surface area (Å²) in [5.41, 5.74) is 0.574. The van der Waals surface area contributed by atoms with Crippen LogP contribution in [0.4, 0.5) is 0 Å². The van der Waals surface area contributed by atoms with E-state index in [-0.39, 0.29) is 15.3 Å². The van der Waals surface area contributed by atoms with Gasteiger partial charge in [0.15, 0.2) is 0 Å². The number of hydrogen-bond acceptors (Lipinski definition) is 3. The Kier molecular flexibility index (Phi) is 5.81. The molecule has 3 nitrogen and oxygen atoms in total. The van der Waals surface area contributed by atoms with Crippen LogP contribution in [0.15, 0.2) is 34.5 Å². The second kappa shape index (κ2) is 7.57. The van der Waals surface area contributed by atoms with Gasteiger partial charge in [-0.05, 0) is 48.9 Å². The molecule has 1 heterocycles. The average Bonchev–Trinajstić information content (AvgIpc) is 3.12. The predicted molar refractivity (Wildman–Crippen MR) is 105 cm³/mol. The van der Waals surface area contributed by atoms with E-state index in [1.807, 2.05) is 6.07 Å². The van der Waals surface area contributed by atoms with Gasteiger partial charge in [0.05, 0.1) is 5.02 Å². The Hall–Kier alpha value is -0.590. The van der Waals surface area contributed by atoms with Crippen molar-refractivity contribution in [2.24, 2.45) is 0 Å². The monoisotopic (exact) mass is 417 g/mol. The minimum Gasteiger partial charge on any atom is -0.210 e. The van der Waals surface area contributed by atoms with Crippen LogP contribution >= 0.6 is 34.5 Å². The summed E-state index contributed by atoms with van der Waals surface area (Å²) in [7, 11) is -3.69. The lowest BCUT2D eigenvalue weighted by atomic mass is 9.73. The lowest BCUT2D eigenvalue weighted by molar-refractivity contribution is 0.298. The van der Waals surface area contributed by atoms with Gasteiger partial charge in [0.2, 0.25) is 10.0 Å². The van der Waals surface area contributed by atoms with Gasteiger partial charge in [-0.2, -0.15) is 0 Å². The van der Waals surface area contributed by atoms with Crippen molar-refractivity contribution in [3.05, 3.63) is 50.1 Å². The van der Waals surface area contributed by atoms with Crippen molar-refractivity contribution in [1.82, 2.24) is 4.72 Å². The van der Waals surface area contributed by atoms with Gasteiger partial charge in [-0.25, -0.2) is 13.1 Å². The van der Waals surface area contributed by atoms with E-state index < -0.39 is 10.0 Å². The first kappa shape index (κ1) is 19.2. The first-order valence-electron chi connectivity index (χ1n) is 8.33. The second-order valence-corrected chi connectivity index (χ2v) is 10.2. The van der Waals surface area contributed by atoms with Crippen LogP contribution in [0.25, 0.3) is 0 Å². The summed E-state index contributed by atoms with van der Waals surface area (Å²) in [4.78, 5) is 1.35. The molecular formula is C18H21Cl2NO2S2. The molecule has 1 aliphatic carbocycles. The zero-order valence-electron chi connectivity index (χ0n) is 14.0. The highest BCUT2D eigenvalue weighted by Crippen LogP contribution is 2.41. The third-order valence-electron chi connectivity index (χ3n) is 4.96. The molecule has 0 unspecified atom stereocenters. The molecule has 1 aromatic heterocycles. The molecule has 0 amide bonds. The fourth-order valence-electron chi connectivity index (χ4n) is 3.47. The van der Waals surface area contributed by atoms with E-state index in [1.54, 1.807) is 18.3 Å². The molecule has 0 saturated heterocycles. The van der Waals surface area contributed by atoms with Crippen LogP contribution < -0.4 is 4.72 Å². The van der Waals surface area contributed by atoms with Crippen molar-refractivity contribution in [3.63, 3.8) is 0 Å². The summed E-state index contributed by atoms with van der Waals surface area (Å²) in [5.74, 6) is 0. The molecule has 0 bridgehead atoms. The number of benzene rings is 1. The standard InChI is InChI=1S/C18H21Cl2NO2S2/c1-13-10-16(15(20)11-14(13)19)25(22,23)21-12-18(7-3-2-4-8-18)17-6-5-9-24-17/h5-6,9-11,21H,2-4,7-8,12H2,1H3. The van der Waals surface area contributed by atoms with Crippen molar-refractivity contribution in [2.75, 3.05) is 6.54 Å².